The van der Waals surface area contributed by atoms with Gasteiger partial charge in [-0.1, -0.05) is 11.8 Å². The summed E-state index contributed by atoms with van der Waals surface area (Å²) in [6.07, 6.45) is 1.76. The first-order valence-corrected chi connectivity index (χ1v) is 11.1. The largest absolute Gasteiger partial charge is 0.497 e. The molecule has 0 unspecified atom stereocenters. The number of amides is 1. The summed E-state index contributed by atoms with van der Waals surface area (Å²) < 4.78 is 35.0. The number of fused-ring (bicyclic) bond motifs is 1. The van der Waals surface area contributed by atoms with Crippen molar-refractivity contribution in [3.05, 3.63) is 18.2 Å². The molecule has 1 saturated carbocycles. The highest BCUT2D eigenvalue weighted by Gasteiger charge is 2.50. The number of hydrogen-bond acceptors (Lipinski definition) is 6. The first-order valence-electron chi connectivity index (χ1n) is 8.43. The summed E-state index contributed by atoms with van der Waals surface area (Å²) in [4.78, 5) is 18.4. The molecule has 140 valence electrons. The number of hydrogen-bond donors (Lipinski definition) is 0. The van der Waals surface area contributed by atoms with E-state index in [1.54, 1.807) is 26.4 Å². The minimum Gasteiger partial charge on any atom is -0.497 e. The normalized spacial score (nSPS) is 28.2. The molecule has 4 rings (SSSR count). The summed E-state index contributed by atoms with van der Waals surface area (Å²) in [5.41, 5.74) is 0.702. The van der Waals surface area contributed by atoms with Crippen molar-refractivity contribution in [3.63, 3.8) is 0 Å². The van der Waals surface area contributed by atoms with Gasteiger partial charge in [0.05, 0.1) is 37.5 Å². The average Bonchev–Trinajstić information content (AvgIpc) is 3.35. The van der Waals surface area contributed by atoms with Gasteiger partial charge in [0.1, 0.15) is 11.5 Å². The number of anilines is 1. The fourth-order valence-electron chi connectivity index (χ4n) is 3.35. The average molecular weight is 396 g/mol. The van der Waals surface area contributed by atoms with E-state index < -0.39 is 9.84 Å². The van der Waals surface area contributed by atoms with Crippen LogP contribution in [0, 0.1) is 5.92 Å². The fraction of sp³-hybridized carbons (Fsp3) is 0.529. The van der Waals surface area contributed by atoms with E-state index in [9.17, 15) is 13.2 Å². The number of methoxy groups -OCH3 is 2. The topological polar surface area (TPSA) is 85.3 Å². The van der Waals surface area contributed by atoms with Gasteiger partial charge in [0.25, 0.3) is 5.91 Å². The van der Waals surface area contributed by atoms with Crippen LogP contribution in [0.25, 0.3) is 0 Å². The zero-order valence-electron chi connectivity index (χ0n) is 14.5. The summed E-state index contributed by atoms with van der Waals surface area (Å²) in [5, 5.41) is 0.438. The Morgan fingerprint density at radius 2 is 2.00 bits per heavy atom. The summed E-state index contributed by atoms with van der Waals surface area (Å²) in [6, 6.07) is 5.11. The summed E-state index contributed by atoms with van der Waals surface area (Å²) in [6.45, 7) is 0. The molecule has 1 aromatic rings. The first kappa shape index (κ1) is 17.7. The van der Waals surface area contributed by atoms with E-state index in [1.807, 2.05) is 11.0 Å². The van der Waals surface area contributed by atoms with Crippen LogP contribution in [0.2, 0.25) is 0 Å². The molecule has 0 N–H and O–H groups in total. The van der Waals surface area contributed by atoms with Gasteiger partial charge in [-0.2, -0.15) is 4.99 Å². The third-order valence-corrected chi connectivity index (χ3v) is 8.06. The highest BCUT2D eigenvalue weighted by molar-refractivity contribution is 8.16. The van der Waals surface area contributed by atoms with Crippen molar-refractivity contribution in [2.45, 2.75) is 24.1 Å². The van der Waals surface area contributed by atoms with Crippen molar-refractivity contribution >= 4 is 38.4 Å². The molecule has 0 aromatic heterocycles. The third kappa shape index (κ3) is 3.18. The first-order chi connectivity index (χ1) is 12.4. The Morgan fingerprint density at radius 1 is 1.23 bits per heavy atom. The van der Waals surface area contributed by atoms with E-state index in [2.05, 4.69) is 4.99 Å². The Hall–Kier alpha value is -1.74. The monoisotopic (exact) mass is 396 g/mol. The number of aliphatic imine (C=N–C) groups is 1. The predicted octanol–water partition coefficient (Wildman–Crippen LogP) is 1.72. The number of carbonyl (C=O) groups excluding carboxylic acids is 1. The van der Waals surface area contributed by atoms with E-state index in [0.717, 1.165) is 12.8 Å². The SMILES string of the molecule is COc1ccc(N2C(=NC(=O)C3CC3)S[C@@H]3CS(=O)(=O)C[C@@H]32)c(OC)c1. The molecule has 9 heteroatoms. The second-order valence-electron chi connectivity index (χ2n) is 6.72. The maximum Gasteiger partial charge on any atom is 0.251 e. The zero-order valence-corrected chi connectivity index (χ0v) is 16.2. The highest BCUT2D eigenvalue weighted by Crippen LogP contribution is 2.45. The molecule has 2 saturated heterocycles. The van der Waals surface area contributed by atoms with Gasteiger partial charge in [0, 0.05) is 17.2 Å². The second kappa shape index (κ2) is 6.45. The molecular formula is C17H20N2O5S2. The van der Waals surface area contributed by atoms with Crippen LogP contribution in [0.15, 0.2) is 23.2 Å². The van der Waals surface area contributed by atoms with E-state index >= 15 is 0 Å². The number of thioether (sulfide) groups is 1. The Labute approximate surface area is 156 Å². The fourth-order valence-corrected chi connectivity index (χ4v) is 7.26. The van der Waals surface area contributed by atoms with Crippen molar-refractivity contribution in [2.24, 2.45) is 10.9 Å². The zero-order chi connectivity index (χ0) is 18.5. The Balaban J connectivity index is 1.76. The van der Waals surface area contributed by atoms with E-state index in [4.69, 9.17) is 9.47 Å². The van der Waals surface area contributed by atoms with Crippen LogP contribution in [0.3, 0.4) is 0 Å². The number of benzene rings is 1. The van der Waals surface area contributed by atoms with E-state index in [0.29, 0.717) is 22.4 Å². The molecule has 2 heterocycles. The lowest BCUT2D eigenvalue weighted by atomic mass is 10.2. The maximum atomic E-state index is 12.2. The van der Waals surface area contributed by atoms with Crippen LogP contribution in [0.5, 0.6) is 11.5 Å². The van der Waals surface area contributed by atoms with Crippen LogP contribution < -0.4 is 14.4 Å². The number of carbonyl (C=O) groups is 1. The third-order valence-electron chi connectivity index (χ3n) is 4.85. The molecule has 26 heavy (non-hydrogen) atoms. The van der Waals surface area contributed by atoms with Crippen LogP contribution in [0.4, 0.5) is 5.69 Å². The number of sulfone groups is 1. The van der Waals surface area contributed by atoms with Gasteiger partial charge in [-0.3, -0.25) is 4.79 Å². The van der Waals surface area contributed by atoms with Crippen molar-refractivity contribution in [1.82, 2.24) is 0 Å². The van der Waals surface area contributed by atoms with Gasteiger partial charge >= 0.3 is 0 Å². The van der Waals surface area contributed by atoms with Crippen LogP contribution >= 0.6 is 11.8 Å². The van der Waals surface area contributed by atoms with Crippen molar-refractivity contribution in [3.8, 4) is 11.5 Å². The Bertz CT molecular complexity index is 879. The molecule has 3 fully saturated rings. The Morgan fingerprint density at radius 3 is 2.65 bits per heavy atom. The number of amidine groups is 1. The number of ether oxygens (including phenoxy) is 2. The second-order valence-corrected chi connectivity index (χ2v) is 10.1. The molecule has 0 radical (unpaired) electrons. The smallest absolute Gasteiger partial charge is 0.251 e. The lowest BCUT2D eigenvalue weighted by Crippen LogP contribution is -2.38. The van der Waals surface area contributed by atoms with E-state index in [-0.39, 0.29) is 34.6 Å². The molecule has 2 atom stereocenters. The van der Waals surface area contributed by atoms with Gasteiger partial charge in [0.15, 0.2) is 15.0 Å². The highest BCUT2D eigenvalue weighted by atomic mass is 32.2. The lowest BCUT2D eigenvalue weighted by molar-refractivity contribution is -0.118. The minimum atomic E-state index is -3.10. The molecule has 7 nitrogen and oxygen atoms in total. The van der Waals surface area contributed by atoms with Crippen LogP contribution in [0.1, 0.15) is 12.8 Å². The predicted molar refractivity (Wildman–Crippen MR) is 101 cm³/mol. The molecule has 1 aliphatic carbocycles. The molecule has 1 aromatic carbocycles. The summed E-state index contributed by atoms with van der Waals surface area (Å²) in [5.74, 6) is 1.26. The summed E-state index contributed by atoms with van der Waals surface area (Å²) in [7, 11) is 0.0198. The van der Waals surface area contributed by atoms with E-state index in [1.165, 1.54) is 11.8 Å². The molecule has 2 aliphatic heterocycles. The van der Waals surface area contributed by atoms with Gasteiger partial charge in [0.2, 0.25) is 0 Å². The minimum absolute atomic E-state index is 0.0203. The van der Waals surface area contributed by atoms with Crippen molar-refractivity contribution < 1.29 is 22.7 Å². The molecule has 3 aliphatic rings. The van der Waals surface area contributed by atoms with Gasteiger partial charge in [-0.15, -0.1) is 0 Å². The maximum absolute atomic E-state index is 12.2. The van der Waals surface area contributed by atoms with Crippen LogP contribution in [-0.2, 0) is 14.6 Å². The van der Waals surface area contributed by atoms with Crippen LogP contribution in [-0.4, -0.2) is 56.5 Å². The van der Waals surface area contributed by atoms with Crippen molar-refractivity contribution in [2.75, 3.05) is 30.6 Å². The molecule has 1 amide bonds. The van der Waals surface area contributed by atoms with Gasteiger partial charge in [-0.05, 0) is 25.0 Å². The standard InChI is InChI=1S/C17H20N2O5S2/c1-23-11-5-6-12(14(7-11)24-2)19-13-8-26(21,22)9-15(13)25-17(19)18-16(20)10-3-4-10/h5-7,10,13,15H,3-4,8-9H2,1-2H3/t13-,15+/m0/s1. The lowest BCUT2D eigenvalue weighted by Gasteiger charge is -2.26. The van der Waals surface area contributed by atoms with Gasteiger partial charge < -0.3 is 14.4 Å². The summed E-state index contributed by atoms with van der Waals surface area (Å²) >= 11 is 1.38. The number of nitrogens with zero attached hydrogens (tertiary/aromatic N) is 2. The van der Waals surface area contributed by atoms with Gasteiger partial charge in [-0.25, -0.2) is 8.42 Å². The Kier molecular flexibility index (Phi) is 4.38. The quantitative estimate of drug-likeness (QED) is 0.766. The molecule has 0 spiro atoms. The van der Waals surface area contributed by atoms with Crippen molar-refractivity contribution in [1.29, 1.82) is 0 Å². The molecule has 0 bridgehead atoms. The molecular weight excluding hydrogens is 376 g/mol. The number of rotatable bonds is 4.